The van der Waals surface area contributed by atoms with E-state index in [1.54, 1.807) is 18.2 Å². The van der Waals surface area contributed by atoms with E-state index in [4.69, 9.17) is 21.7 Å². The minimum atomic E-state index is -0.451. The topological polar surface area (TPSA) is 83.7 Å². The highest BCUT2D eigenvalue weighted by molar-refractivity contribution is 7.80. The van der Waals surface area contributed by atoms with Crippen molar-refractivity contribution in [2.45, 2.75) is 32.4 Å². The van der Waals surface area contributed by atoms with Gasteiger partial charge in [-0.3, -0.25) is 4.79 Å². The fourth-order valence-electron chi connectivity index (χ4n) is 4.01. The number of anilines is 1. The third-order valence-electron chi connectivity index (χ3n) is 5.75. The van der Waals surface area contributed by atoms with Gasteiger partial charge in [0.1, 0.15) is 0 Å². The second kappa shape index (κ2) is 10.1. The van der Waals surface area contributed by atoms with Gasteiger partial charge in [-0.05, 0) is 67.2 Å². The summed E-state index contributed by atoms with van der Waals surface area (Å²) in [7, 11) is 1.34. The lowest BCUT2D eigenvalue weighted by molar-refractivity contribution is 0.0602. The number of esters is 1. The summed E-state index contributed by atoms with van der Waals surface area (Å²) in [5, 5.41) is 4.54. The average molecular weight is 466 g/mol. The van der Waals surface area contributed by atoms with Gasteiger partial charge >= 0.3 is 5.97 Å². The van der Waals surface area contributed by atoms with Gasteiger partial charge in [-0.25, -0.2) is 4.79 Å². The number of H-pyrrole nitrogens is 1. The summed E-state index contributed by atoms with van der Waals surface area (Å²) in [5.41, 5.74) is 3.29. The number of aromatic amines is 1. The van der Waals surface area contributed by atoms with Gasteiger partial charge in [0.05, 0.1) is 31.0 Å². The molecule has 1 fully saturated rings. The minimum Gasteiger partial charge on any atom is -0.465 e. The number of aryl methyl sites for hydroxylation is 1. The molecule has 1 aliphatic rings. The van der Waals surface area contributed by atoms with E-state index in [2.05, 4.69) is 10.3 Å². The lowest BCUT2D eigenvalue weighted by atomic mass is 10.1. The molecule has 1 aliphatic heterocycles. The fraction of sp³-hybridized carbons (Fsp3) is 0.320. The maximum absolute atomic E-state index is 12.8. The number of hydrogen-bond donors (Lipinski definition) is 2. The summed E-state index contributed by atoms with van der Waals surface area (Å²) in [6.07, 6.45) is 1.97. The first kappa shape index (κ1) is 22.9. The minimum absolute atomic E-state index is 0.0304. The van der Waals surface area contributed by atoms with Gasteiger partial charge in [-0.2, -0.15) is 0 Å². The molecule has 172 valence electrons. The van der Waals surface area contributed by atoms with Gasteiger partial charge in [0.15, 0.2) is 5.11 Å². The molecule has 33 heavy (non-hydrogen) atoms. The molecule has 1 aromatic heterocycles. The largest absolute Gasteiger partial charge is 0.465 e. The fourth-order valence-corrected chi connectivity index (χ4v) is 4.26. The van der Waals surface area contributed by atoms with Crippen LogP contribution in [0.2, 0.25) is 0 Å². The zero-order valence-corrected chi connectivity index (χ0v) is 19.5. The van der Waals surface area contributed by atoms with E-state index in [0.29, 0.717) is 35.0 Å². The molecule has 0 saturated carbocycles. The Hall–Kier alpha value is -3.23. The van der Waals surface area contributed by atoms with Crippen LogP contribution in [-0.4, -0.2) is 47.3 Å². The molecule has 0 unspecified atom stereocenters. The first-order valence-corrected chi connectivity index (χ1v) is 11.3. The summed E-state index contributed by atoms with van der Waals surface area (Å²) < 4.78 is 10.7. The van der Waals surface area contributed by atoms with Gasteiger partial charge in [0.2, 0.25) is 0 Å². The van der Waals surface area contributed by atoms with Crippen LogP contribution < -0.4 is 10.9 Å². The van der Waals surface area contributed by atoms with Crippen LogP contribution >= 0.6 is 12.2 Å². The third-order valence-corrected chi connectivity index (χ3v) is 6.11. The van der Waals surface area contributed by atoms with E-state index in [-0.39, 0.29) is 11.7 Å². The van der Waals surface area contributed by atoms with Crippen molar-refractivity contribution in [1.29, 1.82) is 0 Å². The molecule has 1 saturated heterocycles. The summed E-state index contributed by atoms with van der Waals surface area (Å²) in [6.45, 7) is 3.56. The molecule has 0 bridgehead atoms. The van der Waals surface area contributed by atoms with Crippen LogP contribution in [0.1, 0.15) is 34.3 Å². The van der Waals surface area contributed by atoms with Crippen LogP contribution in [0.25, 0.3) is 10.9 Å². The van der Waals surface area contributed by atoms with Crippen LogP contribution in [0.15, 0.2) is 53.3 Å². The predicted octanol–water partition coefficient (Wildman–Crippen LogP) is 4.00. The number of pyridine rings is 1. The molecule has 7 nitrogen and oxygen atoms in total. The van der Waals surface area contributed by atoms with Crippen LogP contribution in [0, 0.1) is 6.92 Å². The molecule has 8 heteroatoms. The Morgan fingerprint density at radius 2 is 2.09 bits per heavy atom. The smallest absolute Gasteiger partial charge is 0.339 e. The number of ether oxygens (including phenoxy) is 2. The standard InChI is InChI=1S/C25H27N3O4S/c1-16-9-10-17-13-18(23(29)26-22(17)12-16)14-28(15-19-6-5-11-32-19)25(33)27-21-8-4-3-7-20(21)24(30)31-2/h3-4,7-10,12-13,19H,5-6,11,14-15H2,1-2H3,(H,26,29)(H,27,33)/t19-/m0/s1. The number of hydrogen-bond acceptors (Lipinski definition) is 5. The first-order valence-electron chi connectivity index (χ1n) is 10.9. The molecule has 3 aromatic rings. The van der Waals surface area contributed by atoms with Crippen LogP contribution in [0.5, 0.6) is 0 Å². The molecular formula is C25H27N3O4S. The lowest BCUT2D eigenvalue weighted by Crippen LogP contribution is -2.40. The molecule has 1 atom stereocenters. The van der Waals surface area contributed by atoms with Crippen molar-refractivity contribution < 1.29 is 14.3 Å². The van der Waals surface area contributed by atoms with Gasteiger partial charge in [0.25, 0.3) is 5.56 Å². The number of para-hydroxylation sites is 1. The quantitative estimate of drug-likeness (QED) is 0.420. The molecule has 2 aromatic carbocycles. The van der Waals surface area contributed by atoms with E-state index in [1.807, 2.05) is 42.2 Å². The molecule has 0 spiro atoms. The Morgan fingerprint density at radius 1 is 1.27 bits per heavy atom. The Kier molecular flexibility index (Phi) is 7.05. The van der Waals surface area contributed by atoms with Gasteiger partial charge in [-0.15, -0.1) is 0 Å². The van der Waals surface area contributed by atoms with Gasteiger partial charge in [0, 0.05) is 24.2 Å². The second-order valence-corrected chi connectivity index (χ2v) is 8.58. The molecule has 0 amide bonds. The number of rotatable bonds is 6. The first-order chi connectivity index (χ1) is 15.9. The Bertz CT molecular complexity index is 1230. The molecule has 0 aliphatic carbocycles. The van der Waals surface area contributed by atoms with E-state index in [9.17, 15) is 9.59 Å². The maximum atomic E-state index is 12.8. The predicted molar refractivity (Wildman–Crippen MR) is 133 cm³/mol. The summed E-state index contributed by atoms with van der Waals surface area (Å²) in [6, 6.07) is 14.9. The normalized spacial score (nSPS) is 15.4. The summed E-state index contributed by atoms with van der Waals surface area (Å²) >= 11 is 5.72. The lowest BCUT2D eigenvalue weighted by Gasteiger charge is -2.28. The summed E-state index contributed by atoms with van der Waals surface area (Å²) in [4.78, 5) is 29.9. The van der Waals surface area contributed by atoms with E-state index < -0.39 is 5.97 Å². The molecular weight excluding hydrogens is 438 g/mol. The van der Waals surface area contributed by atoms with Crippen molar-refractivity contribution in [3.8, 4) is 0 Å². The van der Waals surface area contributed by atoms with E-state index in [1.165, 1.54) is 7.11 Å². The SMILES string of the molecule is COC(=O)c1ccccc1NC(=S)N(Cc1cc2ccc(C)cc2[nH]c1=O)C[C@@H]1CCCO1. The maximum Gasteiger partial charge on any atom is 0.339 e. The number of aromatic nitrogens is 1. The number of carbonyl (C=O) groups is 1. The van der Waals surface area contributed by atoms with Gasteiger partial charge < -0.3 is 24.7 Å². The van der Waals surface area contributed by atoms with Crippen molar-refractivity contribution in [3.63, 3.8) is 0 Å². The molecule has 2 heterocycles. The number of fused-ring (bicyclic) bond motifs is 1. The number of thiocarbonyl (C=S) groups is 1. The Labute approximate surface area is 197 Å². The number of methoxy groups -OCH3 is 1. The molecule has 0 radical (unpaired) electrons. The van der Waals surface area contributed by atoms with Crippen LogP contribution in [-0.2, 0) is 16.0 Å². The van der Waals surface area contributed by atoms with Crippen molar-refractivity contribution in [3.05, 3.63) is 75.6 Å². The highest BCUT2D eigenvalue weighted by Gasteiger charge is 2.23. The number of carbonyl (C=O) groups excluding carboxylic acids is 1. The third kappa shape index (κ3) is 5.40. The van der Waals surface area contributed by atoms with Gasteiger partial charge in [-0.1, -0.05) is 24.3 Å². The Balaban J connectivity index is 1.62. The van der Waals surface area contributed by atoms with Crippen LogP contribution in [0.4, 0.5) is 5.69 Å². The average Bonchev–Trinajstić information content (AvgIpc) is 3.32. The Morgan fingerprint density at radius 3 is 2.85 bits per heavy atom. The summed E-state index contributed by atoms with van der Waals surface area (Å²) in [5.74, 6) is -0.451. The van der Waals surface area contributed by atoms with Crippen molar-refractivity contribution in [2.24, 2.45) is 0 Å². The van der Waals surface area contributed by atoms with Crippen LogP contribution in [0.3, 0.4) is 0 Å². The van der Waals surface area contributed by atoms with E-state index >= 15 is 0 Å². The van der Waals surface area contributed by atoms with Crippen molar-refractivity contribution in [1.82, 2.24) is 9.88 Å². The monoisotopic (exact) mass is 465 g/mol. The van der Waals surface area contributed by atoms with Crippen molar-refractivity contribution >= 4 is 39.9 Å². The molecule has 4 rings (SSSR count). The molecule has 2 N–H and O–H groups in total. The zero-order chi connectivity index (χ0) is 23.4. The highest BCUT2D eigenvalue weighted by atomic mass is 32.1. The highest BCUT2D eigenvalue weighted by Crippen LogP contribution is 2.20. The van der Waals surface area contributed by atoms with E-state index in [0.717, 1.165) is 35.9 Å². The second-order valence-electron chi connectivity index (χ2n) is 8.20. The number of nitrogens with zero attached hydrogens (tertiary/aromatic N) is 1. The zero-order valence-electron chi connectivity index (χ0n) is 18.7. The van der Waals surface area contributed by atoms with Crippen molar-refractivity contribution in [2.75, 3.05) is 25.6 Å². The number of benzene rings is 2. The number of nitrogens with one attached hydrogen (secondary N) is 2.